The van der Waals surface area contributed by atoms with Gasteiger partial charge in [-0.3, -0.25) is 0 Å². The second-order valence-corrected chi connectivity index (χ2v) is 5.20. The van der Waals surface area contributed by atoms with Gasteiger partial charge >= 0.3 is 0 Å². The molecular formula is C14H19F2NO. The van der Waals surface area contributed by atoms with Gasteiger partial charge in [-0.15, -0.1) is 0 Å². The summed E-state index contributed by atoms with van der Waals surface area (Å²) in [6, 6.07) is 2.74. The maximum atomic E-state index is 13.8. The van der Waals surface area contributed by atoms with E-state index in [4.69, 9.17) is 4.74 Å². The summed E-state index contributed by atoms with van der Waals surface area (Å²) in [6.45, 7) is 6.80. The van der Waals surface area contributed by atoms with Crippen molar-refractivity contribution in [3.05, 3.63) is 34.9 Å². The summed E-state index contributed by atoms with van der Waals surface area (Å²) in [4.78, 5) is 0. The molecule has 1 aromatic rings. The molecule has 1 aliphatic heterocycles. The highest BCUT2D eigenvalue weighted by molar-refractivity contribution is 5.27. The maximum Gasteiger partial charge on any atom is 0.129 e. The molecule has 2 atom stereocenters. The van der Waals surface area contributed by atoms with Crippen LogP contribution in [0.2, 0.25) is 0 Å². The number of ether oxygens (including phenoxy) is 1. The lowest BCUT2D eigenvalue weighted by molar-refractivity contribution is -0.00900. The third kappa shape index (κ3) is 2.70. The maximum absolute atomic E-state index is 13.8. The first-order valence-electron chi connectivity index (χ1n) is 6.29. The zero-order valence-electron chi connectivity index (χ0n) is 11.0. The van der Waals surface area contributed by atoms with Gasteiger partial charge in [0.1, 0.15) is 11.6 Å². The van der Waals surface area contributed by atoms with Crippen molar-refractivity contribution >= 4 is 0 Å². The fraction of sp³-hybridized carbons (Fsp3) is 0.571. The van der Waals surface area contributed by atoms with Gasteiger partial charge < -0.3 is 10.1 Å². The Kier molecular flexibility index (Phi) is 3.97. The van der Waals surface area contributed by atoms with Crippen LogP contribution in [-0.2, 0) is 4.74 Å². The Hall–Kier alpha value is -1.00. The van der Waals surface area contributed by atoms with Crippen LogP contribution in [0.1, 0.15) is 31.1 Å². The zero-order chi connectivity index (χ0) is 13.3. The molecule has 0 saturated carbocycles. The van der Waals surface area contributed by atoms with Crippen LogP contribution >= 0.6 is 0 Å². The highest BCUT2D eigenvalue weighted by atomic mass is 19.1. The first-order chi connectivity index (χ1) is 8.49. The minimum atomic E-state index is -0.407. The Morgan fingerprint density at radius 3 is 2.56 bits per heavy atom. The molecule has 0 bridgehead atoms. The van der Waals surface area contributed by atoms with E-state index in [2.05, 4.69) is 19.2 Å². The molecule has 1 N–H and O–H groups in total. The average Bonchev–Trinajstić information content (AvgIpc) is 2.34. The first kappa shape index (κ1) is 13.4. The van der Waals surface area contributed by atoms with Crippen molar-refractivity contribution in [1.29, 1.82) is 0 Å². The number of hydrogen-bond acceptors (Lipinski definition) is 2. The molecule has 2 nitrogen and oxygen atoms in total. The van der Waals surface area contributed by atoms with Crippen LogP contribution in [0.15, 0.2) is 12.1 Å². The van der Waals surface area contributed by atoms with Gasteiger partial charge in [0.2, 0.25) is 0 Å². The molecule has 0 radical (unpaired) electrons. The van der Waals surface area contributed by atoms with E-state index in [0.717, 1.165) is 0 Å². The summed E-state index contributed by atoms with van der Waals surface area (Å²) >= 11 is 0. The van der Waals surface area contributed by atoms with E-state index >= 15 is 0 Å². The monoisotopic (exact) mass is 255 g/mol. The van der Waals surface area contributed by atoms with Gasteiger partial charge in [-0.2, -0.15) is 0 Å². The van der Waals surface area contributed by atoms with Crippen molar-refractivity contribution in [1.82, 2.24) is 5.32 Å². The molecule has 2 unspecified atom stereocenters. The molecule has 1 heterocycles. The molecule has 4 heteroatoms. The van der Waals surface area contributed by atoms with Crippen molar-refractivity contribution in [3.8, 4) is 0 Å². The van der Waals surface area contributed by atoms with E-state index in [0.29, 0.717) is 30.2 Å². The smallest absolute Gasteiger partial charge is 0.129 e. The summed E-state index contributed by atoms with van der Waals surface area (Å²) in [6.07, 6.45) is -0.407. The highest BCUT2D eigenvalue weighted by Gasteiger charge is 2.26. The van der Waals surface area contributed by atoms with Crippen LogP contribution < -0.4 is 5.32 Å². The predicted molar refractivity (Wildman–Crippen MR) is 66.4 cm³/mol. The number of benzene rings is 1. The third-order valence-corrected chi connectivity index (χ3v) is 3.47. The van der Waals surface area contributed by atoms with E-state index in [1.165, 1.54) is 12.1 Å². The molecule has 1 saturated heterocycles. The SMILES string of the molecule is Cc1cc(F)c(C2CNC(C(C)C)CO2)cc1F. The molecule has 1 aromatic carbocycles. The number of rotatable bonds is 2. The minimum Gasteiger partial charge on any atom is -0.370 e. The molecule has 1 aliphatic rings. The van der Waals surface area contributed by atoms with Crippen molar-refractivity contribution in [2.75, 3.05) is 13.2 Å². The summed E-state index contributed by atoms with van der Waals surface area (Å²) in [5, 5.41) is 3.31. The Bertz CT molecular complexity index is 426. The largest absolute Gasteiger partial charge is 0.370 e. The molecule has 0 amide bonds. The normalized spacial score (nSPS) is 24.6. The van der Waals surface area contributed by atoms with Crippen LogP contribution in [0.4, 0.5) is 8.78 Å². The number of hydrogen-bond donors (Lipinski definition) is 1. The second-order valence-electron chi connectivity index (χ2n) is 5.20. The quantitative estimate of drug-likeness (QED) is 0.877. The van der Waals surface area contributed by atoms with E-state index in [1.54, 1.807) is 6.92 Å². The lowest BCUT2D eigenvalue weighted by atomic mass is 10.0. The van der Waals surface area contributed by atoms with Gasteiger partial charge in [-0.25, -0.2) is 8.78 Å². The topological polar surface area (TPSA) is 21.3 Å². The third-order valence-electron chi connectivity index (χ3n) is 3.47. The second kappa shape index (κ2) is 5.33. The summed E-state index contributed by atoms with van der Waals surface area (Å²) in [5.74, 6) is -0.324. The molecule has 0 aromatic heterocycles. The Morgan fingerprint density at radius 2 is 2.00 bits per heavy atom. The fourth-order valence-electron chi connectivity index (χ4n) is 2.13. The van der Waals surface area contributed by atoms with E-state index in [1.807, 2.05) is 0 Å². The summed E-state index contributed by atoms with van der Waals surface area (Å²) < 4.78 is 32.9. The minimum absolute atomic E-state index is 0.277. The summed E-state index contributed by atoms with van der Waals surface area (Å²) in [5.41, 5.74) is 0.618. The molecule has 2 rings (SSSR count). The average molecular weight is 255 g/mol. The van der Waals surface area contributed by atoms with E-state index in [-0.39, 0.29) is 11.9 Å². The van der Waals surface area contributed by atoms with Gasteiger partial charge in [-0.05, 0) is 30.5 Å². The molecule has 18 heavy (non-hydrogen) atoms. The van der Waals surface area contributed by atoms with Crippen LogP contribution in [-0.4, -0.2) is 19.2 Å². The first-order valence-corrected chi connectivity index (χ1v) is 6.29. The van der Waals surface area contributed by atoms with Crippen LogP contribution in [0.25, 0.3) is 0 Å². The van der Waals surface area contributed by atoms with E-state index < -0.39 is 11.9 Å². The van der Waals surface area contributed by atoms with Crippen LogP contribution in [0, 0.1) is 24.5 Å². The molecule has 100 valence electrons. The van der Waals surface area contributed by atoms with Crippen molar-refractivity contribution in [2.24, 2.45) is 5.92 Å². The van der Waals surface area contributed by atoms with Crippen molar-refractivity contribution in [2.45, 2.75) is 32.9 Å². The lowest BCUT2D eigenvalue weighted by Gasteiger charge is -2.33. The highest BCUT2D eigenvalue weighted by Crippen LogP contribution is 2.26. The lowest BCUT2D eigenvalue weighted by Crippen LogP contribution is -2.45. The van der Waals surface area contributed by atoms with E-state index in [9.17, 15) is 8.78 Å². The fourth-order valence-corrected chi connectivity index (χ4v) is 2.13. The number of halogens is 2. The number of nitrogens with one attached hydrogen (secondary N) is 1. The van der Waals surface area contributed by atoms with Gasteiger partial charge in [0.05, 0.1) is 12.7 Å². The molecule has 0 aliphatic carbocycles. The van der Waals surface area contributed by atoms with Gasteiger partial charge in [0.25, 0.3) is 0 Å². The predicted octanol–water partition coefficient (Wildman–Crippen LogP) is 2.96. The molecule has 1 fully saturated rings. The standard InChI is InChI=1S/C14H19F2NO/c1-8(2)13-7-18-14(6-17-13)10-5-11(15)9(3)4-12(10)16/h4-5,8,13-14,17H,6-7H2,1-3H3. The Morgan fingerprint density at radius 1 is 1.28 bits per heavy atom. The number of aryl methyl sites for hydroxylation is 1. The summed E-state index contributed by atoms with van der Waals surface area (Å²) in [7, 11) is 0. The Balaban J connectivity index is 2.12. The molecule has 0 spiro atoms. The van der Waals surface area contributed by atoms with Crippen LogP contribution in [0.5, 0.6) is 0 Å². The van der Waals surface area contributed by atoms with Gasteiger partial charge in [0.15, 0.2) is 0 Å². The van der Waals surface area contributed by atoms with Crippen LogP contribution in [0.3, 0.4) is 0 Å². The van der Waals surface area contributed by atoms with Gasteiger partial charge in [-0.1, -0.05) is 13.8 Å². The number of morpholine rings is 1. The van der Waals surface area contributed by atoms with Crippen molar-refractivity contribution < 1.29 is 13.5 Å². The van der Waals surface area contributed by atoms with Gasteiger partial charge in [0, 0.05) is 18.2 Å². The Labute approximate surface area is 106 Å². The van der Waals surface area contributed by atoms with Crippen molar-refractivity contribution in [3.63, 3.8) is 0 Å². The molecular weight excluding hydrogens is 236 g/mol. The zero-order valence-corrected chi connectivity index (χ0v) is 11.0.